The minimum Gasteiger partial charge on any atom is -0.204 e. The highest BCUT2D eigenvalue weighted by molar-refractivity contribution is 5.84. The van der Waals surface area contributed by atoms with Gasteiger partial charge in [-0.25, -0.2) is 8.78 Å². The lowest BCUT2D eigenvalue weighted by atomic mass is 9.88. The number of hydrogen-bond donors (Lipinski definition) is 0. The number of fused-ring (bicyclic) bond motifs is 1. The Labute approximate surface area is 130 Å². The van der Waals surface area contributed by atoms with Gasteiger partial charge in [0.2, 0.25) is 0 Å². The Bertz CT molecular complexity index is 696. The Kier molecular flexibility index (Phi) is 4.37. The van der Waals surface area contributed by atoms with E-state index in [0.29, 0.717) is 12.0 Å². The summed E-state index contributed by atoms with van der Waals surface area (Å²) in [5.41, 5.74) is 5.03. The lowest BCUT2D eigenvalue weighted by Gasteiger charge is -2.18. The van der Waals surface area contributed by atoms with Crippen LogP contribution in [0.1, 0.15) is 48.4 Å². The number of rotatable bonds is 4. The Hall–Kier alpha value is -1.96. The first kappa shape index (κ1) is 15.0. The van der Waals surface area contributed by atoms with Gasteiger partial charge in [-0.15, -0.1) is 0 Å². The Morgan fingerprint density at radius 3 is 2.45 bits per heavy atom. The van der Waals surface area contributed by atoms with Gasteiger partial charge in [0.1, 0.15) is 0 Å². The number of aryl methyl sites for hydroxylation is 1. The fourth-order valence-electron chi connectivity index (χ4n) is 3.01. The van der Waals surface area contributed by atoms with E-state index in [4.69, 9.17) is 0 Å². The van der Waals surface area contributed by atoms with Gasteiger partial charge >= 0.3 is 0 Å². The highest BCUT2D eigenvalue weighted by Gasteiger charge is 2.17. The van der Waals surface area contributed by atoms with Crippen LogP contribution in [-0.2, 0) is 12.8 Å². The van der Waals surface area contributed by atoms with Gasteiger partial charge in [-0.3, -0.25) is 0 Å². The quantitative estimate of drug-likeness (QED) is 0.669. The van der Waals surface area contributed by atoms with E-state index in [9.17, 15) is 8.78 Å². The number of hydrogen-bond acceptors (Lipinski definition) is 0. The van der Waals surface area contributed by atoms with Crippen LogP contribution < -0.4 is 0 Å². The summed E-state index contributed by atoms with van der Waals surface area (Å²) in [6.07, 6.45) is 6.82. The maximum atomic E-state index is 13.8. The summed E-state index contributed by atoms with van der Waals surface area (Å²) in [5.74, 6) is -1.45. The molecule has 0 aromatic heterocycles. The van der Waals surface area contributed by atoms with Crippen molar-refractivity contribution >= 4 is 11.6 Å². The molecule has 0 amide bonds. The molecule has 0 bridgehead atoms. The molecule has 2 aromatic carbocycles. The molecule has 0 unspecified atom stereocenters. The van der Waals surface area contributed by atoms with Crippen molar-refractivity contribution in [3.8, 4) is 0 Å². The lowest BCUT2D eigenvalue weighted by Crippen LogP contribution is -2.04. The standard InChI is InChI=1S/C20H20F2/c1-2-3-4-14-5-7-15(8-6-14)16-9-11-18-17(13-16)10-12-19(21)20(18)22/h5-8,10,12-13H,2-4,9,11H2,1H3. The van der Waals surface area contributed by atoms with E-state index in [2.05, 4.69) is 31.2 Å². The van der Waals surface area contributed by atoms with Crippen molar-refractivity contribution in [3.63, 3.8) is 0 Å². The summed E-state index contributed by atoms with van der Waals surface area (Å²) in [5, 5.41) is 0. The molecule has 1 aliphatic rings. The smallest absolute Gasteiger partial charge is 0.162 e. The van der Waals surface area contributed by atoms with Crippen molar-refractivity contribution < 1.29 is 8.78 Å². The number of benzene rings is 2. The fraction of sp³-hybridized carbons (Fsp3) is 0.300. The molecule has 0 radical (unpaired) electrons. The first-order valence-electron chi connectivity index (χ1n) is 7.96. The zero-order chi connectivity index (χ0) is 15.5. The largest absolute Gasteiger partial charge is 0.204 e. The molecule has 0 saturated heterocycles. The maximum absolute atomic E-state index is 13.8. The summed E-state index contributed by atoms with van der Waals surface area (Å²) >= 11 is 0. The van der Waals surface area contributed by atoms with E-state index in [1.807, 2.05) is 6.08 Å². The monoisotopic (exact) mass is 298 g/mol. The lowest BCUT2D eigenvalue weighted by molar-refractivity contribution is 0.498. The molecule has 0 saturated carbocycles. The molecule has 2 aromatic rings. The molecule has 0 atom stereocenters. The summed E-state index contributed by atoms with van der Waals surface area (Å²) in [6.45, 7) is 2.20. The van der Waals surface area contributed by atoms with Crippen molar-refractivity contribution in [3.05, 3.63) is 70.3 Å². The molecule has 114 valence electrons. The van der Waals surface area contributed by atoms with Crippen molar-refractivity contribution in [1.82, 2.24) is 0 Å². The second-order valence-electron chi connectivity index (χ2n) is 5.90. The van der Waals surface area contributed by atoms with E-state index in [-0.39, 0.29) is 0 Å². The third-order valence-corrected chi connectivity index (χ3v) is 4.35. The van der Waals surface area contributed by atoms with Crippen LogP contribution in [0, 0.1) is 11.6 Å². The Morgan fingerprint density at radius 2 is 1.73 bits per heavy atom. The van der Waals surface area contributed by atoms with Gasteiger partial charge < -0.3 is 0 Å². The molecule has 2 heteroatoms. The third-order valence-electron chi connectivity index (χ3n) is 4.35. The average molecular weight is 298 g/mol. The molecule has 0 N–H and O–H groups in total. The van der Waals surface area contributed by atoms with Gasteiger partial charge in [0.15, 0.2) is 11.6 Å². The summed E-state index contributed by atoms with van der Waals surface area (Å²) in [6, 6.07) is 11.5. The zero-order valence-corrected chi connectivity index (χ0v) is 12.8. The first-order chi connectivity index (χ1) is 10.7. The van der Waals surface area contributed by atoms with Crippen LogP contribution >= 0.6 is 0 Å². The molecule has 0 aliphatic heterocycles. The van der Waals surface area contributed by atoms with Crippen molar-refractivity contribution in [1.29, 1.82) is 0 Å². The van der Waals surface area contributed by atoms with E-state index in [0.717, 1.165) is 18.4 Å². The second-order valence-corrected chi connectivity index (χ2v) is 5.90. The van der Waals surface area contributed by atoms with Gasteiger partial charge in [-0.1, -0.05) is 49.8 Å². The Balaban J connectivity index is 1.86. The number of allylic oxidation sites excluding steroid dienone is 1. The number of unbranched alkanes of at least 4 members (excludes halogenated alkanes) is 1. The van der Waals surface area contributed by atoms with Gasteiger partial charge in [-0.2, -0.15) is 0 Å². The van der Waals surface area contributed by atoms with Gasteiger partial charge in [-0.05, 0) is 59.6 Å². The van der Waals surface area contributed by atoms with Crippen molar-refractivity contribution in [2.75, 3.05) is 0 Å². The third kappa shape index (κ3) is 2.96. The van der Waals surface area contributed by atoms with Gasteiger partial charge in [0.25, 0.3) is 0 Å². The fourth-order valence-corrected chi connectivity index (χ4v) is 3.01. The van der Waals surface area contributed by atoms with Crippen LogP contribution in [0.2, 0.25) is 0 Å². The van der Waals surface area contributed by atoms with E-state index < -0.39 is 11.6 Å². The maximum Gasteiger partial charge on any atom is 0.162 e. The van der Waals surface area contributed by atoms with Crippen LogP contribution in [0.5, 0.6) is 0 Å². The highest BCUT2D eigenvalue weighted by Crippen LogP contribution is 2.32. The number of halogens is 2. The summed E-state index contributed by atoms with van der Waals surface area (Å²) < 4.78 is 27.1. The molecule has 0 heterocycles. The molecule has 0 nitrogen and oxygen atoms in total. The molecule has 22 heavy (non-hydrogen) atoms. The van der Waals surface area contributed by atoms with Crippen LogP contribution in [0.4, 0.5) is 8.78 Å². The SMILES string of the molecule is CCCCc1ccc(C2=Cc3ccc(F)c(F)c3CC2)cc1. The normalized spacial score (nSPS) is 13.7. The summed E-state index contributed by atoms with van der Waals surface area (Å²) in [7, 11) is 0. The topological polar surface area (TPSA) is 0 Å². The average Bonchev–Trinajstić information content (AvgIpc) is 2.56. The van der Waals surface area contributed by atoms with Crippen LogP contribution in [0.15, 0.2) is 36.4 Å². The van der Waals surface area contributed by atoms with Crippen molar-refractivity contribution in [2.45, 2.75) is 39.0 Å². The van der Waals surface area contributed by atoms with E-state index >= 15 is 0 Å². The highest BCUT2D eigenvalue weighted by atomic mass is 19.2. The zero-order valence-electron chi connectivity index (χ0n) is 12.8. The van der Waals surface area contributed by atoms with Crippen LogP contribution in [0.3, 0.4) is 0 Å². The van der Waals surface area contributed by atoms with Gasteiger partial charge in [0, 0.05) is 0 Å². The minimum absolute atomic E-state index is 0.503. The molecule has 1 aliphatic carbocycles. The second kappa shape index (κ2) is 6.43. The Morgan fingerprint density at radius 1 is 0.955 bits per heavy atom. The molecular formula is C20H20F2. The van der Waals surface area contributed by atoms with E-state index in [1.165, 1.54) is 35.6 Å². The van der Waals surface area contributed by atoms with Gasteiger partial charge in [0.05, 0.1) is 0 Å². The molecule has 0 fully saturated rings. The molecular weight excluding hydrogens is 278 g/mol. The van der Waals surface area contributed by atoms with Crippen LogP contribution in [0.25, 0.3) is 11.6 Å². The minimum atomic E-state index is -0.754. The first-order valence-corrected chi connectivity index (χ1v) is 7.96. The van der Waals surface area contributed by atoms with E-state index in [1.54, 1.807) is 6.07 Å². The molecule has 0 spiro atoms. The summed E-state index contributed by atoms with van der Waals surface area (Å²) in [4.78, 5) is 0. The predicted octanol–water partition coefficient (Wildman–Crippen LogP) is 5.79. The van der Waals surface area contributed by atoms with Crippen LogP contribution in [-0.4, -0.2) is 0 Å². The molecule has 3 rings (SSSR count). The predicted molar refractivity (Wildman–Crippen MR) is 87.6 cm³/mol. The van der Waals surface area contributed by atoms with Crippen molar-refractivity contribution in [2.24, 2.45) is 0 Å².